The molecule has 0 atom stereocenters. The maximum Gasteiger partial charge on any atom is 0.275 e. The predicted molar refractivity (Wildman–Crippen MR) is 71.9 cm³/mol. The molecule has 1 aromatic carbocycles. The molecule has 6 heteroatoms. The number of rotatable bonds is 4. The SMILES string of the molecule is CCOc1cccc(-c2cc([N+](=O)[O-])cc(N)n2)c1. The van der Waals surface area contributed by atoms with Gasteiger partial charge in [-0.1, -0.05) is 12.1 Å². The first-order valence-corrected chi connectivity index (χ1v) is 5.75. The zero-order valence-corrected chi connectivity index (χ0v) is 10.4. The van der Waals surface area contributed by atoms with E-state index in [1.807, 2.05) is 13.0 Å². The number of hydrogen-bond donors (Lipinski definition) is 1. The Hall–Kier alpha value is -2.63. The van der Waals surface area contributed by atoms with E-state index in [1.54, 1.807) is 18.2 Å². The van der Waals surface area contributed by atoms with Gasteiger partial charge < -0.3 is 10.5 Å². The molecule has 0 radical (unpaired) electrons. The molecule has 0 aliphatic heterocycles. The molecule has 0 amide bonds. The van der Waals surface area contributed by atoms with Gasteiger partial charge in [0, 0.05) is 11.6 Å². The number of aromatic nitrogens is 1. The molecule has 6 nitrogen and oxygen atoms in total. The van der Waals surface area contributed by atoms with E-state index in [9.17, 15) is 10.1 Å². The van der Waals surface area contributed by atoms with Gasteiger partial charge in [0.1, 0.15) is 11.6 Å². The number of nitrogen functional groups attached to an aromatic ring is 1. The summed E-state index contributed by atoms with van der Waals surface area (Å²) in [5.41, 5.74) is 6.68. The summed E-state index contributed by atoms with van der Waals surface area (Å²) in [6, 6.07) is 9.81. The Bertz CT molecular complexity index is 614. The first-order valence-electron chi connectivity index (χ1n) is 5.75. The number of hydrogen-bond acceptors (Lipinski definition) is 5. The van der Waals surface area contributed by atoms with E-state index in [4.69, 9.17) is 10.5 Å². The van der Waals surface area contributed by atoms with E-state index >= 15 is 0 Å². The standard InChI is InChI=1S/C13H13N3O3/c1-2-19-11-5-3-4-9(6-11)12-7-10(16(17)18)8-13(14)15-12/h3-8H,2H2,1H3,(H2,14,15). The molecule has 1 heterocycles. The quantitative estimate of drug-likeness (QED) is 0.673. The highest BCUT2D eigenvalue weighted by Gasteiger charge is 2.11. The lowest BCUT2D eigenvalue weighted by molar-refractivity contribution is -0.384. The number of benzene rings is 1. The maximum atomic E-state index is 10.8. The van der Waals surface area contributed by atoms with Gasteiger partial charge in [-0.15, -0.1) is 0 Å². The number of nitro groups is 1. The Morgan fingerprint density at radius 2 is 2.16 bits per heavy atom. The molecule has 2 aromatic rings. The number of pyridine rings is 1. The fourth-order valence-corrected chi connectivity index (χ4v) is 1.70. The fraction of sp³-hybridized carbons (Fsp3) is 0.154. The molecule has 0 bridgehead atoms. The molecule has 2 N–H and O–H groups in total. The highest BCUT2D eigenvalue weighted by Crippen LogP contribution is 2.26. The Labute approximate surface area is 110 Å². The van der Waals surface area contributed by atoms with Gasteiger partial charge in [-0.25, -0.2) is 4.98 Å². The van der Waals surface area contributed by atoms with Crippen LogP contribution in [0.15, 0.2) is 36.4 Å². The van der Waals surface area contributed by atoms with Crippen molar-refractivity contribution in [3.05, 3.63) is 46.5 Å². The molecule has 0 aliphatic carbocycles. The molecule has 0 saturated carbocycles. The van der Waals surface area contributed by atoms with Gasteiger partial charge in [0.15, 0.2) is 0 Å². The summed E-state index contributed by atoms with van der Waals surface area (Å²) in [5, 5.41) is 10.8. The summed E-state index contributed by atoms with van der Waals surface area (Å²) in [5.74, 6) is 0.804. The van der Waals surface area contributed by atoms with Crippen molar-refractivity contribution < 1.29 is 9.66 Å². The topological polar surface area (TPSA) is 91.3 Å². The predicted octanol–water partition coefficient (Wildman–Crippen LogP) is 2.64. The Kier molecular flexibility index (Phi) is 3.61. The highest BCUT2D eigenvalue weighted by atomic mass is 16.6. The van der Waals surface area contributed by atoms with Gasteiger partial charge in [-0.3, -0.25) is 10.1 Å². The molecule has 0 spiro atoms. The number of nitrogens with zero attached hydrogens (tertiary/aromatic N) is 2. The summed E-state index contributed by atoms with van der Waals surface area (Å²) >= 11 is 0. The van der Waals surface area contributed by atoms with Crippen molar-refractivity contribution in [2.45, 2.75) is 6.92 Å². The van der Waals surface area contributed by atoms with Crippen LogP contribution in [-0.4, -0.2) is 16.5 Å². The zero-order valence-electron chi connectivity index (χ0n) is 10.4. The van der Waals surface area contributed by atoms with Crippen LogP contribution in [0, 0.1) is 10.1 Å². The minimum atomic E-state index is -0.492. The summed E-state index contributed by atoms with van der Waals surface area (Å²) < 4.78 is 5.38. The second-order valence-corrected chi connectivity index (χ2v) is 3.85. The van der Waals surface area contributed by atoms with Gasteiger partial charge in [-0.05, 0) is 19.1 Å². The van der Waals surface area contributed by atoms with Crippen molar-refractivity contribution in [2.75, 3.05) is 12.3 Å². The molecule has 0 fully saturated rings. The summed E-state index contributed by atoms with van der Waals surface area (Å²) in [4.78, 5) is 14.4. The van der Waals surface area contributed by atoms with Crippen LogP contribution >= 0.6 is 0 Å². The highest BCUT2D eigenvalue weighted by molar-refractivity contribution is 5.66. The van der Waals surface area contributed by atoms with Gasteiger partial charge in [-0.2, -0.15) is 0 Å². The molecular weight excluding hydrogens is 246 g/mol. The molecule has 19 heavy (non-hydrogen) atoms. The summed E-state index contributed by atoms with van der Waals surface area (Å²) in [7, 11) is 0. The number of anilines is 1. The second kappa shape index (κ2) is 5.34. The van der Waals surface area contributed by atoms with Crippen LogP contribution in [0.1, 0.15) is 6.92 Å². The number of nitrogens with two attached hydrogens (primary N) is 1. The van der Waals surface area contributed by atoms with Crippen LogP contribution in [0.3, 0.4) is 0 Å². The first kappa shape index (κ1) is 12.8. The van der Waals surface area contributed by atoms with Crippen LogP contribution in [0.25, 0.3) is 11.3 Å². The van der Waals surface area contributed by atoms with E-state index in [0.29, 0.717) is 18.1 Å². The molecule has 1 aromatic heterocycles. The van der Waals surface area contributed by atoms with Crippen LogP contribution in [0.5, 0.6) is 5.75 Å². The van der Waals surface area contributed by atoms with Gasteiger partial charge in [0.05, 0.1) is 23.3 Å². The Morgan fingerprint density at radius 3 is 2.84 bits per heavy atom. The third kappa shape index (κ3) is 2.98. The van der Waals surface area contributed by atoms with E-state index in [0.717, 1.165) is 5.56 Å². The van der Waals surface area contributed by atoms with Crippen molar-refractivity contribution in [1.29, 1.82) is 0 Å². The van der Waals surface area contributed by atoms with Crippen molar-refractivity contribution in [1.82, 2.24) is 4.98 Å². The first-order chi connectivity index (χ1) is 9.10. The third-order valence-electron chi connectivity index (χ3n) is 2.48. The van der Waals surface area contributed by atoms with Crippen LogP contribution in [-0.2, 0) is 0 Å². The average molecular weight is 259 g/mol. The molecular formula is C13H13N3O3. The smallest absolute Gasteiger partial charge is 0.275 e. The average Bonchev–Trinajstić information content (AvgIpc) is 2.38. The van der Waals surface area contributed by atoms with E-state index in [1.165, 1.54) is 12.1 Å². The Balaban J connectivity index is 2.46. The van der Waals surface area contributed by atoms with Crippen LogP contribution in [0.4, 0.5) is 11.5 Å². The van der Waals surface area contributed by atoms with E-state index in [-0.39, 0.29) is 11.5 Å². The largest absolute Gasteiger partial charge is 0.494 e. The Morgan fingerprint density at radius 1 is 1.37 bits per heavy atom. The maximum absolute atomic E-state index is 10.8. The molecule has 0 saturated heterocycles. The van der Waals surface area contributed by atoms with Crippen molar-refractivity contribution in [3.8, 4) is 17.0 Å². The zero-order chi connectivity index (χ0) is 13.8. The number of ether oxygens (including phenoxy) is 1. The lowest BCUT2D eigenvalue weighted by Gasteiger charge is -2.06. The van der Waals surface area contributed by atoms with Crippen LogP contribution in [0.2, 0.25) is 0 Å². The fourth-order valence-electron chi connectivity index (χ4n) is 1.70. The minimum absolute atomic E-state index is 0.0793. The van der Waals surface area contributed by atoms with Gasteiger partial charge in [0.25, 0.3) is 5.69 Å². The normalized spacial score (nSPS) is 10.2. The van der Waals surface area contributed by atoms with Gasteiger partial charge >= 0.3 is 0 Å². The van der Waals surface area contributed by atoms with Crippen LogP contribution < -0.4 is 10.5 Å². The summed E-state index contributed by atoms with van der Waals surface area (Å²) in [6.07, 6.45) is 0. The second-order valence-electron chi connectivity index (χ2n) is 3.85. The molecule has 0 aliphatic rings. The molecule has 2 rings (SSSR count). The summed E-state index contributed by atoms with van der Waals surface area (Å²) in [6.45, 7) is 2.43. The van der Waals surface area contributed by atoms with E-state index < -0.39 is 4.92 Å². The molecule has 0 unspecified atom stereocenters. The lowest BCUT2D eigenvalue weighted by Crippen LogP contribution is -1.97. The minimum Gasteiger partial charge on any atom is -0.494 e. The van der Waals surface area contributed by atoms with Crippen molar-refractivity contribution >= 4 is 11.5 Å². The third-order valence-corrected chi connectivity index (χ3v) is 2.48. The van der Waals surface area contributed by atoms with Gasteiger partial charge in [0.2, 0.25) is 0 Å². The lowest BCUT2D eigenvalue weighted by atomic mass is 10.1. The monoisotopic (exact) mass is 259 g/mol. The van der Waals surface area contributed by atoms with E-state index in [2.05, 4.69) is 4.98 Å². The van der Waals surface area contributed by atoms with Crippen molar-refractivity contribution in [2.24, 2.45) is 0 Å². The molecule has 98 valence electrons. The van der Waals surface area contributed by atoms with Crippen molar-refractivity contribution in [3.63, 3.8) is 0 Å².